The van der Waals surface area contributed by atoms with Crippen LogP contribution < -0.4 is 0 Å². The van der Waals surface area contributed by atoms with Gasteiger partial charge in [-0.15, -0.1) is 0 Å². The minimum atomic E-state index is 0.320. The smallest absolute Gasteiger partial charge is 0.138 e. The molecule has 1 fully saturated rings. The van der Waals surface area contributed by atoms with Gasteiger partial charge in [-0.3, -0.25) is 9.88 Å². The van der Waals surface area contributed by atoms with Crippen LogP contribution in [0.4, 0.5) is 0 Å². The Morgan fingerprint density at radius 3 is 3.00 bits per heavy atom. The van der Waals surface area contributed by atoms with Gasteiger partial charge < -0.3 is 5.11 Å². The molecule has 1 N–H and O–H groups in total. The molecule has 0 radical (unpaired) electrons. The number of pyridine rings is 1. The predicted molar refractivity (Wildman–Crippen MR) is 59.7 cm³/mol. The van der Waals surface area contributed by atoms with E-state index in [0.717, 1.165) is 36.9 Å². The molecule has 2 heterocycles. The van der Waals surface area contributed by atoms with Gasteiger partial charge in [0.25, 0.3) is 0 Å². The van der Waals surface area contributed by atoms with Gasteiger partial charge in [-0.25, -0.2) is 0 Å². The largest absolute Gasteiger partial charge is 0.506 e. The van der Waals surface area contributed by atoms with Crippen LogP contribution in [0.2, 0.25) is 0 Å². The average molecular weight is 206 g/mol. The van der Waals surface area contributed by atoms with Gasteiger partial charge in [0.15, 0.2) is 0 Å². The fourth-order valence-electron chi connectivity index (χ4n) is 2.10. The summed E-state index contributed by atoms with van der Waals surface area (Å²) in [6.07, 6.45) is 1.26. The lowest BCUT2D eigenvalue weighted by atomic mass is 10.2. The SMILES string of the molecule is Cc1ccc(O)c(CN2CCC(C)C2)n1. The molecule has 1 aliphatic rings. The van der Waals surface area contributed by atoms with Crippen molar-refractivity contribution in [2.75, 3.05) is 13.1 Å². The number of aryl methyl sites for hydroxylation is 1. The summed E-state index contributed by atoms with van der Waals surface area (Å²) in [7, 11) is 0. The summed E-state index contributed by atoms with van der Waals surface area (Å²) < 4.78 is 0. The van der Waals surface area contributed by atoms with Gasteiger partial charge in [0.1, 0.15) is 5.75 Å². The standard InChI is InChI=1S/C12H18N2O/c1-9-5-6-14(7-9)8-11-12(15)4-3-10(2)13-11/h3-4,9,15H,5-8H2,1-2H3. The number of aromatic nitrogens is 1. The highest BCUT2D eigenvalue weighted by atomic mass is 16.3. The number of aromatic hydroxyl groups is 1. The maximum absolute atomic E-state index is 9.67. The molecule has 0 saturated carbocycles. The first-order valence-corrected chi connectivity index (χ1v) is 5.53. The Morgan fingerprint density at radius 2 is 2.33 bits per heavy atom. The molecule has 0 bridgehead atoms. The Morgan fingerprint density at radius 1 is 1.53 bits per heavy atom. The van der Waals surface area contributed by atoms with Crippen molar-refractivity contribution in [2.24, 2.45) is 5.92 Å². The summed E-state index contributed by atoms with van der Waals surface area (Å²) in [5.74, 6) is 1.09. The molecule has 1 aliphatic heterocycles. The molecule has 1 saturated heterocycles. The molecular formula is C12H18N2O. The summed E-state index contributed by atoms with van der Waals surface area (Å²) in [6.45, 7) is 7.24. The highest BCUT2D eigenvalue weighted by Crippen LogP contribution is 2.21. The van der Waals surface area contributed by atoms with Crippen LogP contribution in [-0.2, 0) is 6.54 Å². The van der Waals surface area contributed by atoms with E-state index in [1.807, 2.05) is 13.0 Å². The molecule has 1 aromatic heterocycles. The van der Waals surface area contributed by atoms with Gasteiger partial charge in [-0.05, 0) is 37.9 Å². The van der Waals surface area contributed by atoms with Crippen LogP contribution in [0.5, 0.6) is 5.75 Å². The Hall–Kier alpha value is -1.09. The Balaban J connectivity index is 2.07. The summed E-state index contributed by atoms with van der Waals surface area (Å²) in [5.41, 5.74) is 1.78. The van der Waals surface area contributed by atoms with Gasteiger partial charge in [0.2, 0.25) is 0 Å². The van der Waals surface area contributed by atoms with Gasteiger partial charge >= 0.3 is 0 Å². The minimum Gasteiger partial charge on any atom is -0.506 e. The van der Waals surface area contributed by atoms with Crippen LogP contribution in [0.3, 0.4) is 0 Å². The normalized spacial score (nSPS) is 22.1. The van der Waals surface area contributed by atoms with Gasteiger partial charge in [-0.2, -0.15) is 0 Å². The lowest BCUT2D eigenvalue weighted by molar-refractivity contribution is 0.309. The highest BCUT2D eigenvalue weighted by Gasteiger charge is 2.19. The Bertz CT molecular complexity index is 351. The number of hydrogen-bond acceptors (Lipinski definition) is 3. The molecular weight excluding hydrogens is 188 g/mol. The van der Waals surface area contributed by atoms with E-state index in [1.54, 1.807) is 6.07 Å². The first-order valence-electron chi connectivity index (χ1n) is 5.53. The van der Waals surface area contributed by atoms with E-state index in [0.29, 0.717) is 5.75 Å². The van der Waals surface area contributed by atoms with Crippen LogP contribution in [-0.4, -0.2) is 28.1 Å². The molecule has 0 amide bonds. The van der Waals surface area contributed by atoms with Crippen LogP contribution in [0, 0.1) is 12.8 Å². The third-order valence-electron chi connectivity index (χ3n) is 2.97. The fourth-order valence-corrected chi connectivity index (χ4v) is 2.10. The van der Waals surface area contributed by atoms with Crippen molar-refractivity contribution in [2.45, 2.75) is 26.8 Å². The van der Waals surface area contributed by atoms with Gasteiger partial charge in [0.05, 0.1) is 5.69 Å². The monoisotopic (exact) mass is 206 g/mol. The van der Waals surface area contributed by atoms with Crippen LogP contribution in [0.1, 0.15) is 24.7 Å². The van der Waals surface area contributed by atoms with E-state index < -0.39 is 0 Å². The molecule has 3 heteroatoms. The van der Waals surface area contributed by atoms with Crippen molar-refractivity contribution in [3.8, 4) is 5.75 Å². The third kappa shape index (κ3) is 2.48. The second kappa shape index (κ2) is 4.19. The lowest BCUT2D eigenvalue weighted by Crippen LogP contribution is -2.20. The number of rotatable bonds is 2. The topological polar surface area (TPSA) is 36.4 Å². The van der Waals surface area contributed by atoms with Crippen molar-refractivity contribution >= 4 is 0 Å². The number of likely N-dealkylation sites (tertiary alicyclic amines) is 1. The number of nitrogens with zero attached hydrogens (tertiary/aromatic N) is 2. The maximum Gasteiger partial charge on any atom is 0.138 e. The zero-order chi connectivity index (χ0) is 10.8. The zero-order valence-corrected chi connectivity index (χ0v) is 9.40. The van der Waals surface area contributed by atoms with E-state index >= 15 is 0 Å². The lowest BCUT2D eigenvalue weighted by Gasteiger charge is -2.15. The van der Waals surface area contributed by atoms with E-state index in [2.05, 4.69) is 16.8 Å². The molecule has 0 aliphatic carbocycles. The quantitative estimate of drug-likeness (QED) is 0.803. The number of hydrogen-bond donors (Lipinski definition) is 1. The van der Waals surface area contributed by atoms with E-state index in [-0.39, 0.29) is 0 Å². The minimum absolute atomic E-state index is 0.320. The Labute approximate surface area is 90.8 Å². The van der Waals surface area contributed by atoms with E-state index in [9.17, 15) is 5.11 Å². The van der Waals surface area contributed by atoms with Gasteiger partial charge in [-0.1, -0.05) is 6.92 Å². The highest BCUT2D eigenvalue weighted by molar-refractivity contribution is 5.27. The van der Waals surface area contributed by atoms with Crippen molar-refractivity contribution in [3.05, 3.63) is 23.5 Å². The zero-order valence-electron chi connectivity index (χ0n) is 9.40. The molecule has 3 nitrogen and oxygen atoms in total. The molecule has 1 unspecified atom stereocenters. The van der Waals surface area contributed by atoms with Crippen molar-refractivity contribution in [3.63, 3.8) is 0 Å². The van der Waals surface area contributed by atoms with Crippen molar-refractivity contribution in [1.82, 2.24) is 9.88 Å². The fraction of sp³-hybridized carbons (Fsp3) is 0.583. The van der Waals surface area contributed by atoms with Crippen LogP contribution >= 0.6 is 0 Å². The second-order valence-electron chi connectivity index (χ2n) is 4.55. The molecule has 0 spiro atoms. The molecule has 82 valence electrons. The molecule has 15 heavy (non-hydrogen) atoms. The van der Waals surface area contributed by atoms with Crippen LogP contribution in [0.25, 0.3) is 0 Å². The summed E-state index contributed by atoms with van der Waals surface area (Å²) >= 11 is 0. The average Bonchev–Trinajstić information content (AvgIpc) is 2.58. The van der Waals surface area contributed by atoms with Crippen molar-refractivity contribution < 1.29 is 5.11 Å². The van der Waals surface area contributed by atoms with E-state index in [4.69, 9.17) is 0 Å². The summed E-state index contributed by atoms with van der Waals surface area (Å²) in [6, 6.07) is 3.57. The van der Waals surface area contributed by atoms with Crippen molar-refractivity contribution in [1.29, 1.82) is 0 Å². The first-order chi connectivity index (χ1) is 7.15. The molecule has 2 rings (SSSR count). The first kappa shape index (κ1) is 10.4. The Kier molecular flexibility index (Phi) is 2.91. The third-order valence-corrected chi connectivity index (χ3v) is 2.97. The predicted octanol–water partition coefficient (Wildman–Crippen LogP) is 1.94. The molecule has 1 aromatic rings. The van der Waals surface area contributed by atoms with E-state index in [1.165, 1.54) is 6.42 Å². The van der Waals surface area contributed by atoms with Crippen LogP contribution in [0.15, 0.2) is 12.1 Å². The summed E-state index contributed by atoms with van der Waals surface area (Å²) in [5, 5.41) is 9.67. The molecule has 1 atom stereocenters. The molecule has 0 aromatic carbocycles. The summed E-state index contributed by atoms with van der Waals surface area (Å²) in [4.78, 5) is 6.72. The maximum atomic E-state index is 9.67. The second-order valence-corrected chi connectivity index (χ2v) is 4.55. The van der Waals surface area contributed by atoms with Gasteiger partial charge in [0, 0.05) is 18.8 Å².